The quantitative estimate of drug-likeness (QED) is 0.635. The highest BCUT2D eigenvalue weighted by molar-refractivity contribution is 7.98. The Morgan fingerprint density at radius 2 is 2.33 bits per heavy atom. The molecule has 0 amide bonds. The first-order valence-corrected chi connectivity index (χ1v) is 5.66. The lowest BCUT2D eigenvalue weighted by atomic mass is 10.0. The van der Waals surface area contributed by atoms with Crippen LogP contribution in [0.1, 0.15) is 19.3 Å². The minimum absolute atomic E-state index is 0.0232. The highest BCUT2D eigenvalue weighted by Crippen LogP contribution is 2.42. The molecule has 0 aromatic rings. The summed E-state index contributed by atoms with van der Waals surface area (Å²) in [6.07, 6.45) is 4.67. The van der Waals surface area contributed by atoms with Crippen molar-refractivity contribution in [3.63, 3.8) is 0 Å². The smallest absolute Gasteiger partial charge is 0.0871 e. The van der Waals surface area contributed by atoms with Crippen LogP contribution in [0.3, 0.4) is 0 Å². The van der Waals surface area contributed by atoms with Gasteiger partial charge in [0.2, 0.25) is 0 Å². The van der Waals surface area contributed by atoms with E-state index in [1.807, 2.05) is 0 Å². The Morgan fingerprint density at radius 3 is 2.75 bits per heavy atom. The minimum Gasteiger partial charge on any atom is -0.385 e. The van der Waals surface area contributed by atoms with Crippen molar-refractivity contribution in [3.8, 4) is 0 Å². The molecule has 1 aliphatic carbocycles. The fourth-order valence-corrected chi connectivity index (χ4v) is 1.69. The molecule has 1 saturated carbocycles. The van der Waals surface area contributed by atoms with Crippen molar-refractivity contribution in [2.24, 2.45) is 5.73 Å². The van der Waals surface area contributed by atoms with E-state index in [2.05, 4.69) is 12.8 Å². The summed E-state index contributed by atoms with van der Waals surface area (Å²) in [5.74, 6) is 1.04. The number of hydrogen-bond acceptors (Lipinski definition) is 3. The first kappa shape index (κ1) is 10.1. The Labute approximate surface area is 78.2 Å². The summed E-state index contributed by atoms with van der Waals surface area (Å²) < 4.78 is 0. The Morgan fingerprint density at radius 1 is 1.75 bits per heavy atom. The molecule has 0 aliphatic heterocycles. The zero-order chi connectivity index (χ0) is 9.19. The number of hydrogen-bond donors (Lipinski definition) is 2. The minimum atomic E-state index is -0.599. The maximum Gasteiger partial charge on any atom is 0.0871 e. The lowest BCUT2D eigenvalue weighted by molar-refractivity contribution is 0.181. The van der Waals surface area contributed by atoms with Gasteiger partial charge in [0.25, 0.3) is 0 Å². The Hall–Kier alpha value is 0.01000. The van der Waals surface area contributed by atoms with Crippen LogP contribution in [0, 0.1) is 0 Å². The molecule has 2 nitrogen and oxygen atoms in total. The van der Waals surface area contributed by atoms with Crippen molar-refractivity contribution >= 4 is 11.8 Å². The first-order valence-electron chi connectivity index (χ1n) is 4.26. The number of nitrogens with two attached hydrogens (primary N) is 1. The van der Waals surface area contributed by atoms with Crippen LogP contribution in [0.25, 0.3) is 0 Å². The molecule has 0 unspecified atom stereocenters. The van der Waals surface area contributed by atoms with Crippen molar-refractivity contribution in [3.05, 3.63) is 12.2 Å². The average Bonchev–Trinajstić information content (AvgIpc) is 2.79. The Balaban J connectivity index is 2.31. The third-order valence-corrected chi connectivity index (χ3v) is 3.05. The van der Waals surface area contributed by atoms with Crippen molar-refractivity contribution in [2.75, 3.05) is 12.0 Å². The van der Waals surface area contributed by atoms with Crippen LogP contribution < -0.4 is 5.73 Å². The highest BCUT2D eigenvalue weighted by atomic mass is 32.2. The summed E-state index contributed by atoms with van der Waals surface area (Å²) in [5.41, 5.74) is 6.09. The lowest BCUT2D eigenvalue weighted by Crippen LogP contribution is -2.30. The largest absolute Gasteiger partial charge is 0.385 e. The van der Waals surface area contributed by atoms with Crippen LogP contribution in [0.4, 0.5) is 0 Å². The van der Waals surface area contributed by atoms with E-state index in [1.54, 1.807) is 11.8 Å². The molecule has 0 spiro atoms. The zero-order valence-electron chi connectivity index (χ0n) is 7.55. The molecule has 0 heterocycles. The molecule has 0 bridgehead atoms. The molecule has 3 heteroatoms. The normalized spacial score (nSPS) is 21.9. The molecule has 3 N–H and O–H groups in total. The number of thioether (sulfide) groups is 1. The van der Waals surface area contributed by atoms with Gasteiger partial charge in [-0.25, -0.2) is 0 Å². The van der Waals surface area contributed by atoms with Crippen LogP contribution in [-0.4, -0.2) is 28.8 Å². The van der Waals surface area contributed by atoms with Gasteiger partial charge in [-0.1, -0.05) is 6.58 Å². The van der Waals surface area contributed by atoms with Crippen molar-refractivity contribution in [2.45, 2.75) is 30.9 Å². The van der Waals surface area contributed by atoms with Crippen LogP contribution in [0.15, 0.2) is 12.2 Å². The molecular formula is C9H17NOS. The van der Waals surface area contributed by atoms with E-state index in [4.69, 9.17) is 5.73 Å². The molecular weight excluding hydrogens is 170 g/mol. The van der Waals surface area contributed by atoms with E-state index >= 15 is 0 Å². The first-order chi connectivity index (χ1) is 5.60. The van der Waals surface area contributed by atoms with Gasteiger partial charge >= 0.3 is 0 Å². The van der Waals surface area contributed by atoms with Gasteiger partial charge in [-0.15, -0.1) is 0 Å². The van der Waals surface area contributed by atoms with Gasteiger partial charge in [0.15, 0.2) is 0 Å². The standard InChI is InChI=1S/C9H17NOS/c1-7(9(11)4-5-9)8(10)3-6-12-2/h8,11H,1,3-6,10H2,2H3/t8-/m0/s1. The van der Waals surface area contributed by atoms with Crippen molar-refractivity contribution in [1.29, 1.82) is 0 Å². The summed E-state index contributed by atoms with van der Waals surface area (Å²) in [4.78, 5) is 0. The SMILES string of the molecule is C=C([C@@H](N)CCSC)C1(O)CC1. The molecule has 1 rings (SSSR count). The summed E-state index contributed by atoms with van der Waals surface area (Å²) in [7, 11) is 0. The molecule has 1 fully saturated rings. The van der Waals surface area contributed by atoms with Crippen molar-refractivity contribution < 1.29 is 5.11 Å². The number of rotatable bonds is 5. The lowest BCUT2D eigenvalue weighted by Gasteiger charge is -2.18. The van der Waals surface area contributed by atoms with E-state index in [-0.39, 0.29) is 6.04 Å². The second kappa shape index (κ2) is 3.81. The molecule has 12 heavy (non-hydrogen) atoms. The predicted octanol–water partition coefficient (Wildman–Crippen LogP) is 1.15. The molecule has 70 valence electrons. The average molecular weight is 187 g/mol. The molecule has 1 aliphatic rings. The second-order valence-electron chi connectivity index (χ2n) is 3.44. The molecule has 0 aromatic carbocycles. The van der Waals surface area contributed by atoms with E-state index in [0.29, 0.717) is 0 Å². The van der Waals surface area contributed by atoms with Gasteiger partial charge in [0.05, 0.1) is 5.60 Å². The maximum atomic E-state index is 9.68. The van der Waals surface area contributed by atoms with Gasteiger partial charge in [-0.3, -0.25) is 0 Å². The molecule has 0 saturated heterocycles. The maximum absolute atomic E-state index is 9.68. The zero-order valence-corrected chi connectivity index (χ0v) is 8.36. The predicted molar refractivity (Wildman–Crippen MR) is 54.3 cm³/mol. The Bertz CT molecular complexity index is 177. The summed E-state index contributed by atoms with van der Waals surface area (Å²) in [6, 6.07) is -0.0232. The Kier molecular flexibility index (Phi) is 3.21. The third-order valence-electron chi connectivity index (χ3n) is 2.40. The van der Waals surface area contributed by atoms with Crippen LogP contribution in [0.5, 0.6) is 0 Å². The van der Waals surface area contributed by atoms with Crippen LogP contribution in [0.2, 0.25) is 0 Å². The third kappa shape index (κ3) is 2.25. The van der Waals surface area contributed by atoms with Gasteiger partial charge in [0, 0.05) is 6.04 Å². The number of aliphatic hydroxyl groups is 1. The van der Waals surface area contributed by atoms with Gasteiger partial charge in [-0.05, 0) is 36.8 Å². The van der Waals surface area contributed by atoms with Gasteiger partial charge in [0.1, 0.15) is 0 Å². The van der Waals surface area contributed by atoms with E-state index < -0.39 is 5.60 Å². The topological polar surface area (TPSA) is 46.2 Å². The van der Waals surface area contributed by atoms with E-state index in [1.165, 1.54) is 0 Å². The molecule has 0 radical (unpaired) electrons. The second-order valence-corrected chi connectivity index (χ2v) is 4.43. The van der Waals surface area contributed by atoms with Crippen LogP contribution >= 0.6 is 11.8 Å². The van der Waals surface area contributed by atoms with Gasteiger partial charge in [-0.2, -0.15) is 11.8 Å². The summed E-state index contributed by atoms with van der Waals surface area (Å²) >= 11 is 1.78. The van der Waals surface area contributed by atoms with Crippen LogP contribution in [-0.2, 0) is 0 Å². The highest BCUT2D eigenvalue weighted by Gasteiger charge is 2.44. The monoisotopic (exact) mass is 187 g/mol. The summed E-state index contributed by atoms with van der Waals surface area (Å²) in [5, 5.41) is 9.68. The van der Waals surface area contributed by atoms with Gasteiger partial charge < -0.3 is 10.8 Å². The molecule has 0 aromatic heterocycles. The van der Waals surface area contributed by atoms with E-state index in [0.717, 1.165) is 30.6 Å². The van der Waals surface area contributed by atoms with E-state index in [9.17, 15) is 5.11 Å². The fourth-order valence-electron chi connectivity index (χ4n) is 1.20. The fraction of sp³-hybridized carbons (Fsp3) is 0.778. The van der Waals surface area contributed by atoms with Crippen molar-refractivity contribution in [1.82, 2.24) is 0 Å². The summed E-state index contributed by atoms with van der Waals surface area (Å²) in [6.45, 7) is 3.86. The molecule has 1 atom stereocenters.